The van der Waals surface area contributed by atoms with Gasteiger partial charge in [-0.1, -0.05) is 73.9 Å². The first-order valence-corrected chi connectivity index (χ1v) is 9.15. The normalized spacial score (nSPS) is 16.7. The molecule has 1 aliphatic rings. The molecule has 1 aromatic heterocycles. The smallest absolute Gasteiger partial charge is 0.230 e. The van der Waals surface area contributed by atoms with E-state index < -0.39 is 5.95 Å². The molecule has 0 N–H and O–H groups in total. The Morgan fingerprint density at radius 3 is 2.20 bits per heavy atom. The molecule has 0 amide bonds. The number of nitrogens with zero attached hydrogens (tertiary/aromatic N) is 2. The Hall–Kier alpha value is -2.42. The monoisotopic (exact) mass is 334 g/mol. The molecule has 1 saturated carbocycles. The van der Waals surface area contributed by atoms with Crippen LogP contribution in [0.15, 0.2) is 67.1 Å². The van der Waals surface area contributed by atoms with Gasteiger partial charge in [0.25, 0.3) is 0 Å². The van der Waals surface area contributed by atoms with Gasteiger partial charge in [0.05, 0.1) is 18.6 Å². The summed E-state index contributed by atoms with van der Waals surface area (Å²) in [6, 6.07) is 19.1. The highest BCUT2D eigenvalue weighted by atomic mass is 19.1. The summed E-state index contributed by atoms with van der Waals surface area (Å²) < 4.78 is 15.3. The molecule has 128 valence electrons. The first-order valence-electron chi connectivity index (χ1n) is 9.15. The van der Waals surface area contributed by atoms with Crippen molar-refractivity contribution in [3.63, 3.8) is 0 Å². The zero-order valence-corrected chi connectivity index (χ0v) is 14.3. The Morgan fingerprint density at radius 2 is 1.56 bits per heavy atom. The van der Waals surface area contributed by atoms with Crippen LogP contribution >= 0.6 is 0 Å². The third-order valence-electron chi connectivity index (χ3n) is 5.31. The molecule has 3 aromatic rings. The fourth-order valence-corrected chi connectivity index (χ4v) is 4.01. The fraction of sp³-hybridized carbons (Fsp3) is 0.318. The van der Waals surface area contributed by atoms with Crippen molar-refractivity contribution >= 4 is 0 Å². The highest BCUT2D eigenvalue weighted by molar-refractivity contribution is 5.35. The molecule has 0 saturated heterocycles. The average Bonchev–Trinajstić information content (AvgIpc) is 3.10. The fourth-order valence-electron chi connectivity index (χ4n) is 4.01. The zero-order valence-electron chi connectivity index (χ0n) is 14.3. The number of benzene rings is 2. The maximum Gasteiger partial charge on any atom is 0.230 e. The molecule has 0 spiro atoms. The van der Waals surface area contributed by atoms with Crippen molar-refractivity contribution in [2.24, 2.45) is 0 Å². The summed E-state index contributed by atoms with van der Waals surface area (Å²) in [4.78, 5) is 3.78. The van der Waals surface area contributed by atoms with Crippen molar-refractivity contribution in [2.45, 2.75) is 44.1 Å². The van der Waals surface area contributed by atoms with Crippen LogP contribution in [0.25, 0.3) is 0 Å². The van der Waals surface area contributed by atoms with Crippen LogP contribution in [-0.2, 0) is 0 Å². The Morgan fingerprint density at radius 1 is 0.880 bits per heavy atom. The van der Waals surface area contributed by atoms with Crippen molar-refractivity contribution in [3.05, 3.63) is 89.8 Å². The van der Waals surface area contributed by atoms with Crippen LogP contribution < -0.4 is 0 Å². The van der Waals surface area contributed by atoms with Crippen LogP contribution in [0.3, 0.4) is 0 Å². The zero-order chi connectivity index (χ0) is 17.1. The molecule has 25 heavy (non-hydrogen) atoms. The van der Waals surface area contributed by atoms with Gasteiger partial charge in [0.15, 0.2) is 0 Å². The maximum atomic E-state index is 13.5. The van der Waals surface area contributed by atoms with E-state index >= 15 is 0 Å². The lowest BCUT2D eigenvalue weighted by molar-refractivity contribution is 0.443. The molecule has 0 radical (unpaired) electrons. The van der Waals surface area contributed by atoms with Crippen molar-refractivity contribution in [1.82, 2.24) is 9.55 Å². The van der Waals surface area contributed by atoms with E-state index in [1.807, 2.05) is 22.8 Å². The van der Waals surface area contributed by atoms with Crippen molar-refractivity contribution in [2.75, 3.05) is 0 Å². The molecule has 0 aliphatic heterocycles. The van der Waals surface area contributed by atoms with Gasteiger partial charge in [-0.05, 0) is 35.4 Å². The molecule has 4 rings (SSSR count). The molecular formula is C22H23FN2. The van der Waals surface area contributed by atoms with Gasteiger partial charge in [-0.2, -0.15) is 4.39 Å². The first-order chi connectivity index (χ1) is 12.3. The topological polar surface area (TPSA) is 17.8 Å². The average molecular weight is 334 g/mol. The van der Waals surface area contributed by atoms with Crippen LogP contribution in [0, 0.1) is 5.95 Å². The van der Waals surface area contributed by atoms with Crippen LogP contribution in [0.5, 0.6) is 0 Å². The number of halogens is 1. The van der Waals surface area contributed by atoms with Crippen LogP contribution in [0.2, 0.25) is 0 Å². The highest BCUT2D eigenvalue weighted by Gasteiger charge is 2.19. The van der Waals surface area contributed by atoms with Crippen LogP contribution in [0.4, 0.5) is 4.39 Å². The van der Waals surface area contributed by atoms with Gasteiger partial charge >= 0.3 is 0 Å². The van der Waals surface area contributed by atoms with Gasteiger partial charge < -0.3 is 4.57 Å². The van der Waals surface area contributed by atoms with Gasteiger partial charge in [-0.3, -0.25) is 0 Å². The molecular weight excluding hydrogens is 311 g/mol. The Labute approximate surface area is 148 Å². The molecule has 0 bridgehead atoms. The van der Waals surface area contributed by atoms with E-state index in [1.54, 1.807) is 6.33 Å². The van der Waals surface area contributed by atoms with Gasteiger partial charge in [0.2, 0.25) is 5.95 Å². The van der Waals surface area contributed by atoms with Gasteiger partial charge in [0.1, 0.15) is 0 Å². The lowest BCUT2D eigenvalue weighted by atomic mass is 9.83. The van der Waals surface area contributed by atoms with Gasteiger partial charge in [-0.25, -0.2) is 4.98 Å². The van der Waals surface area contributed by atoms with E-state index in [-0.39, 0.29) is 6.04 Å². The summed E-state index contributed by atoms with van der Waals surface area (Å²) in [5, 5.41) is 0. The number of hydrogen-bond donors (Lipinski definition) is 0. The number of aromatic nitrogens is 2. The molecule has 2 nitrogen and oxygen atoms in total. The van der Waals surface area contributed by atoms with Crippen molar-refractivity contribution in [3.8, 4) is 0 Å². The van der Waals surface area contributed by atoms with E-state index in [2.05, 4.69) is 41.4 Å². The highest BCUT2D eigenvalue weighted by Crippen LogP contribution is 2.34. The van der Waals surface area contributed by atoms with E-state index in [4.69, 9.17) is 0 Å². The SMILES string of the molecule is Fc1cn(C(c2ccccc2)c2ccc(C3CCCCC3)cc2)cn1. The first kappa shape index (κ1) is 16.1. The lowest BCUT2D eigenvalue weighted by Gasteiger charge is -2.24. The van der Waals surface area contributed by atoms with E-state index in [0.717, 1.165) is 11.1 Å². The van der Waals surface area contributed by atoms with E-state index in [1.165, 1.54) is 43.9 Å². The maximum absolute atomic E-state index is 13.5. The minimum Gasteiger partial charge on any atom is -0.323 e. The molecule has 3 heteroatoms. The molecule has 1 heterocycles. The molecule has 1 fully saturated rings. The predicted octanol–water partition coefficient (Wildman–Crippen LogP) is 5.71. The van der Waals surface area contributed by atoms with Gasteiger partial charge in [-0.15, -0.1) is 0 Å². The van der Waals surface area contributed by atoms with Gasteiger partial charge in [0, 0.05) is 0 Å². The number of hydrogen-bond acceptors (Lipinski definition) is 1. The standard InChI is InChI=1S/C22H23FN2/c23-21-15-25(16-24-21)22(19-9-5-2-6-10-19)20-13-11-18(12-14-20)17-7-3-1-4-8-17/h2,5-6,9-17,22H,1,3-4,7-8H2. The van der Waals surface area contributed by atoms with Crippen molar-refractivity contribution in [1.29, 1.82) is 0 Å². The summed E-state index contributed by atoms with van der Waals surface area (Å²) in [5.41, 5.74) is 3.72. The summed E-state index contributed by atoms with van der Waals surface area (Å²) in [6.45, 7) is 0. The summed E-state index contributed by atoms with van der Waals surface area (Å²) in [5.74, 6) is 0.253. The van der Waals surface area contributed by atoms with Crippen LogP contribution in [-0.4, -0.2) is 9.55 Å². The molecule has 1 unspecified atom stereocenters. The minimum absolute atomic E-state index is 0.0568. The summed E-state index contributed by atoms with van der Waals surface area (Å²) in [6.07, 6.45) is 9.69. The third-order valence-corrected chi connectivity index (χ3v) is 5.31. The largest absolute Gasteiger partial charge is 0.323 e. The molecule has 2 aromatic carbocycles. The Balaban J connectivity index is 1.67. The quantitative estimate of drug-likeness (QED) is 0.598. The summed E-state index contributed by atoms with van der Waals surface area (Å²) in [7, 11) is 0. The number of rotatable bonds is 4. The molecule has 1 aliphatic carbocycles. The lowest BCUT2D eigenvalue weighted by Crippen LogP contribution is -2.11. The van der Waals surface area contributed by atoms with Crippen molar-refractivity contribution < 1.29 is 4.39 Å². The second-order valence-electron chi connectivity index (χ2n) is 6.96. The predicted molar refractivity (Wildman–Crippen MR) is 98.1 cm³/mol. The second kappa shape index (κ2) is 7.22. The van der Waals surface area contributed by atoms with E-state index in [0.29, 0.717) is 5.92 Å². The third kappa shape index (κ3) is 3.51. The van der Waals surface area contributed by atoms with Crippen LogP contribution in [0.1, 0.15) is 60.8 Å². The minimum atomic E-state index is -0.445. The van der Waals surface area contributed by atoms with E-state index in [9.17, 15) is 4.39 Å². The summed E-state index contributed by atoms with van der Waals surface area (Å²) >= 11 is 0. The Kier molecular flexibility index (Phi) is 4.64. The second-order valence-corrected chi connectivity index (χ2v) is 6.96. The molecule has 1 atom stereocenters. The number of imidazole rings is 1. The Bertz CT molecular complexity index is 802.